The average molecular weight is 296 g/mol. The summed E-state index contributed by atoms with van der Waals surface area (Å²) in [6, 6.07) is 2.94. The molecule has 1 aromatic rings. The molecule has 1 atom stereocenters. The van der Waals surface area contributed by atoms with E-state index in [1.165, 1.54) is 26.2 Å². The summed E-state index contributed by atoms with van der Waals surface area (Å²) in [5.74, 6) is -1.13. The predicted molar refractivity (Wildman–Crippen MR) is 73.2 cm³/mol. The molecule has 8 heteroatoms. The van der Waals surface area contributed by atoms with Crippen molar-refractivity contribution >= 4 is 17.6 Å². The van der Waals surface area contributed by atoms with Crippen LogP contribution in [0.1, 0.15) is 24.2 Å². The van der Waals surface area contributed by atoms with Crippen LogP contribution in [0.5, 0.6) is 5.75 Å². The van der Waals surface area contributed by atoms with Gasteiger partial charge >= 0.3 is 11.7 Å². The van der Waals surface area contributed by atoms with E-state index in [1.54, 1.807) is 6.92 Å². The molecule has 1 aromatic carbocycles. The van der Waals surface area contributed by atoms with Gasteiger partial charge in [-0.15, -0.1) is 0 Å². The van der Waals surface area contributed by atoms with Crippen LogP contribution in [0.25, 0.3) is 0 Å². The molecule has 1 amide bonds. The molecule has 0 radical (unpaired) electrons. The van der Waals surface area contributed by atoms with Gasteiger partial charge < -0.3 is 14.8 Å². The first kappa shape index (κ1) is 16.4. The fourth-order valence-corrected chi connectivity index (χ4v) is 1.58. The van der Waals surface area contributed by atoms with Gasteiger partial charge in [0.25, 0.3) is 5.91 Å². The molecule has 0 aromatic heterocycles. The molecule has 1 rings (SSSR count). The Kier molecular flexibility index (Phi) is 5.65. The Labute approximate surface area is 121 Å². The van der Waals surface area contributed by atoms with Crippen molar-refractivity contribution < 1.29 is 24.0 Å². The van der Waals surface area contributed by atoms with Crippen molar-refractivity contribution in [3.8, 4) is 5.75 Å². The Balaban J connectivity index is 2.90. The van der Waals surface area contributed by atoms with Gasteiger partial charge in [0.1, 0.15) is 6.04 Å². The predicted octanol–water partition coefficient (Wildman–Crippen LogP) is 1.28. The summed E-state index contributed by atoms with van der Waals surface area (Å²) in [7, 11) is 1.30. The summed E-state index contributed by atoms with van der Waals surface area (Å²) in [5.41, 5.74) is -0.271. The van der Waals surface area contributed by atoms with Crippen molar-refractivity contribution in [1.29, 1.82) is 0 Å². The van der Waals surface area contributed by atoms with Gasteiger partial charge in [-0.05, 0) is 26.0 Å². The van der Waals surface area contributed by atoms with Crippen molar-refractivity contribution in [3.63, 3.8) is 0 Å². The summed E-state index contributed by atoms with van der Waals surface area (Å²) < 4.78 is 9.60. The Bertz CT molecular complexity index is 558. The Morgan fingerprint density at radius 2 is 2.10 bits per heavy atom. The summed E-state index contributed by atoms with van der Waals surface area (Å²) in [6.07, 6.45) is 0. The Morgan fingerprint density at radius 3 is 2.62 bits per heavy atom. The number of benzene rings is 1. The molecule has 0 spiro atoms. The third-order valence-electron chi connectivity index (χ3n) is 2.63. The van der Waals surface area contributed by atoms with Gasteiger partial charge in [0.2, 0.25) is 0 Å². The number of nitro groups is 1. The molecule has 8 nitrogen and oxygen atoms in total. The minimum atomic E-state index is -0.849. The van der Waals surface area contributed by atoms with Gasteiger partial charge in [0, 0.05) is 11.6 Å². The second-order valence-electron chi connectivity index (χ2n) is 4.09. The van der Waals surface area contributed by atoms with E-state index in [-0.39, 0.29) is 23.6 Å². The smallest absolute Gasteiger partial charge is 0.328 e. The Hall–Kier alpha value is -2.64. The summed E-state index contributed by atoms with van der Waals surface area (Å²) in [6.45, 7) is 3.32. The first-order chi connectivity index (χ1) is 9.90. The number of hydrogen-bond acceptors (Lipinski definition) is 6. The Morgan fingerprint density at radius 1 is 1.43 bits per heavy atom. The van der Waals surface area contributed by atoms with E-state index in [2.05, 4.69) is 5.32 Å². The molecule has 0 fully saturated rings. The number of amides is 1. The molecule has 21 heavy (non-hydrogen) atoms. The van der Waals surface area contributed by atoms with Crippen LogP contribution in [0.3, 0.4) is 0 Å². The molecular weight excluding hydrogens is 280 g/mol. The van der Waals surface area contributed by atoms with Gasteiger partial charge in [-0.2, -0.15) is 0 Å². The number of rotatable bonds is 6. The zero-order valence-corrected chi connectivity index (χ0v) is 11.9. The van der Waals surface area contributed by atoms with E-state index in [0.717, 1.165) is 6.07 Å². The molecule has 0 saturated heterocycles. The van der Waals surface area contributed by atoms with Crippen LogP contribution < -0.4 is 10.1 Å². The second-order valence-corrected chi connectivity index (χ2v) is 4.09. The number of carbonyl (C=O) groups is 2. The quantitative estimate of drug-likeness (QED) is 0.481. The molecular formula is C13H16N2O6. The molecule has 114 valence electrons. The lowest BCUT2D eigenvalue weighted by molar-refractivity contribution is -0.385. The molecule has 0 aliphatic carbocycles. The van der Waals surface area contributed by atoms with Crippen LogP contribution in [0.15, 0.2) is 18.2 Å². The van der Waals surface area contributed by atoms with Crippen molar-refractivity contribution in [2.75, 3.05) is 13.7 Å². The third kappa shape index (κ3) is 4.16. The topological polar surface area (TPSA) is 108 Å². The highest BCUT2D eigenvalue weighted by molar-refractivity contribution is 5.97. The highest BCUT2D eigenvalue weighted by Crippen LogP contribution is 2.27. The van der Waals surface area contributed by atoms with Crippen LogP contribution in [-0.4, -0.2) is 36.6 Å². The van der Waals surface area contributed by atoms with E-state index in [0.29, 0.717) is 0 Å². The van der Waals surface area contributed by atoms with Crippen LogP contribution in [0.2, 0.25) is 0 Å². The molecule has 1 N–H and O–H groups in total. The summed E-state index contributed by atoms with van der Waals surface area (Å²) in [4.78, 5) is 33.6. The number of ether oxygens (including phenoxy) is 2. The SMILES string of the molecule is CCOC(=O)C(C)NC(=O)c1ccc(OC)c([N+](=O)[O-])c1. The van der Waals surface area contributed by atoms with E-state index < -0.39 is 22.8 Å². The molecule has 0 aliphatic rings. The second kappa shape index (κ2) is 7.22. The van der Waals surface area contributed by atoms with Gasteiger partial charge in [0.15, 0.2) is 5.75 Å². The largest absolute Gasteiger partial charge is 0.490 e. The number of nitro benzene ring substituents is 1. The van der Waals surface area contributed by atoms with Crippen molar-refractivity contribution in [1.82, 2.24) is 5.32 Å². The minimum Gasteiger partial charge on any atom is -0.490 e. The highest BCUT2D eigenvalue weighted by Gasteiger charge is 2.21. The molecule has 1 unspecified atom stereocenters. The zero-order chi connectivity index (χ0) is 16.0. The lowest BCUT2D eigenvalue weighted by atomic mass is 10.1. The van der Waals surface area contributed by atoms with Gasteiger partial charge in [0.05, 0.1) is 18.6 Å². The first-order valence-electron chi connectivity index (χ1n) is 6.20. The maximum absolute atomic E-state index is 12.0. The van der Waals surface area contributed by atoms with E-state index in [1.807, 2.05) is 0 Å². The maximum atomic E-state index is 12.0. The first-order valence-corrected chi connectivity index (χ1v) is 6.20. The monoisotopic (exact) mass is 296 g/mol. The average Bonchev–Trinajstić information content (AvgIpc) is 2.46. The number of methoxy groups -OCH3 is 1. The minimum absolute atomic E-state index is 0.0509. The van der Waals surface area contributed by atoms with Crippen LogP contribution >= 0.6 is 0 Å². The number of nitrogens with one attached hydrogen (secondary N) is 1. The molecule has 0 saturated carbocycles. The van der Waals surface area contributed by atoms with Crippen LogP contribution in [0, 0.1) is 10.1 Å². The van der Waals surface area contributed by atoms with Crippen molar-refractivity contribution in [3.05, 3.63) is 33.9 Å². The molecule has 0 heterocycles. The van der Waals surface area contributed by atoms with Crippen molar-refractivity contribution in [2.45, 2.75) is 19.9 Å². The highest BCUT2D eigenvalue weighted by atomic mass is 16.6. The van der Waals surface area contributed by atoms with E-state index in [9.17, 15) is 19.7 Å². The van der Waals surface area contributed by atoms with Gasteiger partial charge in [-0.25, -0.2) is 4.79 Å². The number of esters is 1. The maximum Gasteiger partial charge on any atom is 0.328 e. The zero-order valence-electron chi connectivity index (χ0n) is 11.9. The fourth-order valence-electron chi connectivity index (χ4n) is 1.58. The number of nitrogens with zero attached hydrogens (tertiary/aromatic N) is 1. The van der Waals surface area contributed by atoms with Crippen LogP contribution in [0.4, 0.5) is 5.69 Å². The fraction of sp³-hybridized carbons (Fsp3) is 0.385. The lowest BCUT2D eigenvalue weighted by Gasteiger charge is -2.12. The summed E-state index contributed by atoms with van der Waals surface area (Å²) >= 11 is 0. The molecule has 0 bridgehead atoms. The normalized spacial score (nSPS) is 11.4. The van der Waals surface area contributed by atoms with E-state index in [4.69, 9.17) is 9.47 Å². The third-order valence-corrected chi connectivity index (χ3v) is 2.63. The van der Waals surface area contributed by atoms with Crippen LogP contribution in [-0.2, 0) is 9.53 Å². The number of hydrogen-bond donors (Lipinski definition) is 1. The lowest BCUT2D eigenvalue weighted by Crippen LogP contribution is -2.39. The standard InChI is InChI=1S/C13H16N2O6/c1-4-21-13(17)8(2)14-12(16)9-5-6-11(20-3)10(7-9)15(18)19/h5-8H,4H2,1-3H3,(H,14,16). The number of carbonyl (C=O) groups excluding carboxylic acids is 2. The summed E-state index contributed by atoms with van der Waals surface area (Å²) in [5, 5.41) is 13.3. The van der Waals surface area contributed by atoms with Crippen molar-refractivity contribution in [2.24, 2.45) is 0 Å². The van der Waals surface area contributed by atoms with Gasteiger partial charge in [-0.3, -0.25) is 14.9 Å². The molecule has 0 aliphatic heterocycles. The van der Waals surface area contributed by atoms with E-state index >= 15 is 0 Å². The van der Waals surface area contributed by atoms with Gasteiger partial charge in [-0.1, -0.05) is 0 Å².